The van der Waals surface area contributed by atoms with Crippen molar-refractivity contribution in [1.82, 2.24) is 25.5 Å². The lowest BCUT2D eigenvalue weighted by molar-refractivity contribution is 0.0773. The van der Waals surface area contributed by atoms with E-state index in [9.17, 15) is 4.79 Å². The van der Waals surface area contributed by atoms with E-state index in [0.29, 0.717) is 6.54 Å². The van der Waals surface area contributed by atoms with Crippen molar-refractivity contribution in [1.29, 1.82) is 0 Å². The number of aromatic nitrogens is 4. The van der Waals surface area contributed by atoms with Crippen LogP contribution in [0.25, 0.3) is 0 Å². The number of benzene rings is 1. The molecule has 2 rings (SSSR count). The molecule has 0 spiro atoms. The number of carbonyl (C=O) groups is 1. The van der Waals surface area contributed by atoms with Crippen LogP contribution in [0.15, 0.2) is 24.3 Å². The Morgan fingerprint density at radius 1 is 1.28 bits per heavy atom. The summed E-state index contributed by atoms with van der Waals surface area (Å²) in [5.74, 6) is -0.161. The van der Waals surface area contributed by atoms with Crippen LogP contribution in [0.3, 0.4) is 0 Å². The number of aromatic amines is 1. The van der Waals surface area contributed by atoms with Crippen LogP contribution in [0.5, 0.6) is 0 Å². The van der Waals surface area contributed by atoms with Crippen LogP contribution in [-0.2, 0) is 13.0 Å². The van der Waals surface area contributed by atoms with Crippen LogP contribution in [0.1, 0.15) is 28.7 Å². The van der Waals surface area contributed by atoms with Gasteiger partial charge in [0.1, 0.15) is 0 Å². The number of nitrogens with zero attached hydrogens (tertiary/aromatic N) is 4. The molecule has 2 aromatic rings. The van der Waals surface area contributed by atoms with Gasteiger partial charge in [-0.25, -0.2) is 0 Å². The Bertz CT molecular complexity index is 506. The molecule has 1 aromatic heterocycles. The SMILES string of the molecule is CCc1ccc(CN(C)C(=O)c2nn[nH]n2)cc1. The standard InChI is InChI=1S/C12H15N5O/c1-3-9-4-6-10(7-5-9)8-17(2)12(18)11-13-15-16-14-11/h4-7H,3,8H2,1-2H3,(H,13,14,15,16). The van der Waals surface area contributed by atoms with Crippen LogP contribution in [0, 0.1) is 0 Å². The summed E-state index contributed by atoms with van der Waals surface area (Å²) in [7, 11) is 1.71. The molecule has 1 N–H and O–H groups in total. The number of hydrogen-bond donors (Lipinski definition) is 1. The summed E-state index contributed by atoms with van der Waals surface area (Å²) in [6.07, 6.45) is 1.01. The van der Waals surface area contributed by atoms with E-state index in [4.69, 9.17) is 0 Å². The first kappa shape index (κ1) is 12.2. The van der Waals surface area contributed by atoms with Crippen molar-refractivity contribution in [3.63, 3.8) is 0 Å². The van der Waals surface area contributed by atoms with Crippen molar-refractivity contribution in [3.05, 3.63) is 41.2 Å². The summed E-state index contributed by atoms with van der Waals surface area (Å²) in [5, 5.41) is 13.0. The van der Waals surface area contributed by atoms with Gasteiger partial charge in [-0.2, -0.15) is 5.21 Å². The molecule has 0 aliphatic rings. The molecule has 0 radical (unpaired) electrons. The average molecular weight is 245 g/mol. The smallest absolute Gasteiger partial charge is 0.295 e. The first-order valence-corrected chi connectivity index (χ1v) is 5.77. The van der Waals surface area contributed by atoms with E-state index in [-0.39, 0.29) is 11.7 Å². The largest absolute Gasteiger partial charge is 0.335 e. The van der Waals surface area contributed by atoms with Gasteiger partial charge in [-0.15, -0.1) is 10.2 Å². The zero-order valence-corrected chi connectivity index (χ0v) is 10.4. The molecule has 6 nitrogen and oxygen atoms in total. The van der Waals surface area contributed by atoms with Crippen molar-refractivity contribution >= 4 is 5.91 Å². The highest BCUT2D eigenvalue weighted by atomic mass is 16.2. The molecule has 0 bridgehead atoms. The Labute approximate surface area is 105 Å². The molecule has 1 heterocycles. The third kappa shape index (κ3) is 2.71. The van der Waals surface area contributed by atoms with Gasteiger partial charge in [-0.3, -0.25) is 4.79 Å². The number of tetrazole rings is 1. The summed E-state index contributed by atoms with van der Waals surface area (Å²) in [5.41, 5.74) is 2.36. The van der Waals surface area contributed by atoms with Crippen molar-refractivity contribution in [3.8, 4) is 0 Å². The fourth-order valence-corrected chi connectivity index (χ4v) is 1.65. The maximum Gasteiger partial charge on any atom is 0.295 e. The second kappa shape index (κ2) is 5.39. The van der Waals surface area contributed by atoms with Gasteiger partial charge in [0.15, 0.2) is 0 Å². The van der Waals surface area contributed by atoms with Crippen LogP contribution >= 0.6 is 0 Å². The first-order valence-electron chi connectivity index (χ1n) is 5.77. The molecule has 1 amide bonds. The van der Waals surface area contributed by atoms with Crippen LogP contribution in [-0.4, -0.2) is 38.5 Å². The van der Waals surface area contributed by atoms with Gasteiger partial charge in [0, 0.05) is 13.6 Å². The summed E-state index contributed by atoms with van der Waals surface area (Å²) in [4.78, 5) is 13.4. The van der Waals surface area contributed by atoms with Gasteiger partial charge in [0.05, 0.1) is 0 Å². The second-order valence-corrected chi connectivity index (χ2v) is 4.07. The molecule has 0 aliphatic heterocycles. The number of aryl methyl sites for hydroxylation is 1. The zero-order valence-electron chi connectivity index (χ0n) is 10.4. The summed E-state index contributed by atoms with van der Waals surface area (Å²) < 4.78 is 0. The van der Waals surface area contributed by atoms with Crippen molar-refractivity contribution in [2.45, 2.75) is 19.9 Å². The molecule has 94 valence electrons. The monoisotopic (exact) mass is 245 g/mol. The predicted octanol–water partition coefficient (Wildman–Crippen LogP) is 1.03. The van der Waals surface area contributed by atoms with Crippen LogP contribution in [0.4, 0.5) is 0 Å². The van der Waals surface area contributed by atoms with Crippen LogP contribution < -0.4 is 0 Å². The number of amides is 1. The molecular weight excluding hydrogens is 230 g/mol. The number of hydrogen-bond acceptors (Lipinski definition) is 4. The summed E-state index contributed by atoms with van der Waals surface area (Å²) in [6.45, 7) is 2.64. The average Bonchev–Trinajstić information content (AvgIpc) is 2.92. The Morgan fingerprint density at radius 3 is 2.50 bits per heavy atom. The minimum Gasteiger partial charge on any atom is -0.335 e. The van der Waals surface area contributed by atoms with Gasteiger partial charge in [-0.05, 0) is 22.8 Å². The van der Waals surface area contributed by atoms with Crippen molar-refractivity contribution < 1.29 is 4.79 Å². The van der Waals surface area contributed by atoms with Crippen molar-refractivity contribution in [2.75, 3.05) is 7.05 Å². The Kier molecular flexibility index (Phi) is 3.66. The minimum atomic E-state index is -0.247. The van der Waals surface area contributed by atoms with E-state index in [1.165, 1.54) is 5.56 Å². The molecular formula is C12H15N5O. The number of carbonyl (C=O) groups excluding carboxylic acids is 1. The van der Waals surface area contributed by atoms with Crippen molar-refractivity contribution in [2.24, 2.45) is 0 Å². The van der Waals surface area contributed by atoms with E-state index in [0.717, 1.165) is 12.0 Å². The highest BCUT2D eigenvalue weighted by Gasteiger charge is 2.16. The third-order valence-corrected chi connectivity index (χ3v) is 2.73. The number of nitrogens with one attached hydrogen (secondary N) is 1. The predicted molar refractivity (Wildman–Crippen MR) is 65.8 cm³/mol. The van der Waals surface area contributed by atoms with E-state index < -0.39 is 0 Å². The topological polar surface area (TPSA) is 74.8 Å². The lowest BCUT2D eigenvalue weighted by Crippen LogP contribution is -2.27. The second-order valence-electron chi connectivity index (χ2n) is 4.07. The lowest BCUT2D eigenvalue weighted by Gasteiger charge is -2.15. The quantitative estimate of drug-likeness (QED) is 0.873. The first-order chi connectivity index (χ1) is 8.70. The van der Waals surface area contributed by atoms with Gasteiger partial charge in [0.2, 0.25) is 0 Å². The normalized spacial score (nSPS) is 10.3. The fourth-order valence-electron chi connectivity index (χ4n) is 1.65. The molecule has 0 aliphatic carbocycles. The molecule has 0 fully saturated rings. The van der Waals surface area contributed by atoms with Gasteiger partial charge in [0.25, 0.3) is 11.7 Å². The zero-order chi connectivity index (χ0) is 13.0. The maximum absolute atomic E-state index is 11.9. The van der Waals surface area contributed by atoms with Gasteiger partial charge in [-0.1, -0.05) is 31.2 Å². The van der Waals surface area contributed by atoms with E-state index in [1.807, 2.05) is 12.1 Å². The third-order valence-electron chi connectivity index (χ3n) is 2.73. The van der Waals surface area contributed by atoms with Gasteiger partial charge >= 0.3 is 0 Å². The number of H-pyrrole nitrogens is 1. The fraction of sp³-hybridized carbons (Fsp3) is 0.333. The molecule has 0 saturated heterocycles. The molecule has 0 atom stereocenters. The van der Waals surface area contributed by atoms with E-state index in [1.54, 1.807) is 11.9 Å². The molecule has 6 heteroatoms. The lowest BCUT2D eigenvalue weighted by atomic mass is 10.1. The summed E-state index contributed by atoms with van der Waals surface area (Å²) in [6, 6.07) is 8.20. The summed E-state index contributed by atoms with van der Waals surface area (Å²) >= 11 is 0. The molecule has 0 unspecified atom stereocenters. The van der Waals surface area contributed by atoms with E-state index >= 15 is 0 Å². The number of rotatable bonds is 4. The Hall–Kier alpha value is -2.24. The highest BCUT2D eigenvalue weighted by Crippen LogP contribution is 2.08. The molecule has 0 saturated carbocycles. The highest BCUT2D eigenvalue weighted by molar-refractivity contribution is 5.89. The van der Waals surface area contributed by atoms with E-state index in [2.05, 4.69) is 39.7 Å². The van der Waals surface area contributed by atoms with Crippen LogP contribution in [0.2, 0.25) is 0 Å². The van der Waals surface area contributed by atoms with Gasteiger partial charge < -0.3 is 4.90 Å². The minimum absolute atomic E-state index is 0.0858. The Balaban J connectivity index is 2.02. The Morgan fingerprint density at radius 2 is 1.94 bits per heavy atom. The molecule has 18 heavy (non-hydrogen) atoms. The maximum atomic E-state index is 11.9. The molecule has 1 aromatic carbocycles.